The Labute approximate surface area is 124 Å². The van der Waals surface area contributed by atoms with Crippen molar-refractivity contribution in [2.45, 2.75) is 13.3 Å². The van der Waals surface area contributed by atoms with Gasteiger partial charge in [-0.2, -0.15) is 5.26 Å². The van der Waals surface area contributed by atoms with Crippen molar-refractivity contribution in [2.75, 3.05) is 0 Å². The minimum Gasteiger partial charge on any atom is -0.511 e. The van der Waals surface area contributed by atoms with Gasteiger partial charge in [-0.25, -0.2) is 0 Å². The lowest BCUT2D eigenvalue weighted by Crippen LogP contribution is -2.18. The zero-order valence-electron chi connectivity index (χ0n) is 11.7. The molecule has 2 aromatic rings. The number of benzene rings is 2. The minimum absolute atomic E-state index is 0.0394. The quantitative estimate of drug-likeness (QED) is 0.531. The van der Waals surface area contributed by atoms with Gasteiger partial charge in [0.15, 0.2) is 7.14 Å². The van der Waals surface area contributed by atoms with E-state index in [0.717, 1.165) is 0 Å². The molecule has 0 aliphatic carbocycles. The van der Waals surface area contributed by atoms with E-state index < -0.39 is 7.14 Å². The Morgan fingerprint density at radius 3 is 1.81 bits per heavy atom. The second-order valence-electron chi connectivity index (χ2n) is 4.54. The van der Waals surface area contributed by atoms with Crippen LogP contribution in [0.1, 0.15) is 13.3 Å². The van der Waals surface area contributed by atoms with E-state index in [1.807, 2.05) is 18.2 Å². The normalized spacial score (nSPS) is 12.4. The van der Waals surface area contributed by atoms with E-state index >= 15 is 0 Å². The zero-order valence-corrected chi connectivity index (χ0v) is 12.6. The first-order valence-electron chi connectivity index (χ1n) is 6.68. The molecule has 0 spiro atoms. The molecule has 4 heteroatoms. The number of hydrogen-bond acceptors (Lipinski definition) is 3. The Balaban J connectivity index is 2.79. The molecule has 0 aliphatic heterocycles. The third-order valence-corrected chi connectivity index (χ3v) is 6.31. The van der Waals surface area contributed by atoms with E-state index in [2.05, 4.69) is 0 Å². The summed E-state index contributed by atoms with van der Waals surface area (Å²) < 4.78 is 13.7. The van der Waals surface area contributed by atoms with Crippen LogP contribution in [-0.4, -0.2) is 5.11 Å². The van der Waals surface area contributed by atoms with E-state index in [0.29, 0.717) is 10.6 Å². The molecule has 0 heterocycles. The van der Waals surface area contributed by atoms with Gasteiger partial charge in [-0.05, 0) is 0 Å². The smallest absolute Gasteiger partial charge is 0.184 e. The highest BCUT2D eigenvalue weighted by Gasteiger charge is 2.34. The Hall–Kier alpha value is -2.30. The largest absolute Gasteiger partial charge is 0.511 e. The van der Waals surface area contributed by atoms with Crippen LogP contribution in [0.5, 0.6) is 0 Å². The van der Waals surface area contributed by atoms with Gasteiger partial charge in [0.2, 0.25) is 0 Å². The minimum atomic E-state index is -3.34. The summed E-state index contributed by atoms with van der Waals surface area (Å²) in [6, 6.07) is 19.7. The average Bonchev–Trinajstić information content (AvgIpc) is 2.56. The Bertz CT molecular complexity index is 687. The van der Waals surface area contributed by atoms with Gasteiger partial charge in [0.1, 0.15) is 17.1 Å². The van der Waals surface area contributed by atoms with Crippen molar-refractivity contribution in [1.29, 1.82) is 5.26 Å². The van der Waals surface area contributed by atoms with Gasteiger partial charge >= 0.3 is 0 Å². The van der Waals surface area contributed by atoms with Crippen LogP contribution >= 0.6 is 7.14 Å². The number of allylic oxidation sites excluding steroid dienone is 2. The van der Waals surface area contributed by atoms with E-state index in [4.69, 9.17) is 0 Å². The summed E-state index contributed by atoms with van der Waals surface area (Å²) in [5.74, 6) is -0.117. The summed E-state index contributed by atoms with van der Waals surface area (Å²) in [7, 11) is -3.34. The molecule has 2 rings (SSSR count). The molecule has 0 aromatic heterocycles. The van der Waals surface area contributed by atoms with Crippen molar-refractivity contribution in [1.82, 2.24) is 0 Å². The molecule has 0 aliphatic rings. The first kappa shape index (κ1) is 15.1. The van der Waals surface area contributed by atoms with E-state index in [-0.39, 0.29) is 17.5 Å². The molecule has 0 bridgehead atoms. The molecule has 0 saturated heterocycles. The highest BCUT2D eigenvalue weighted by molar-refractivity contribution is 7.82. The highest BCUT2D eigenvalue weighted by atomic mass is 31.2. The van der Waals surface area contributed by atoms with Crippen LogP contribution in [0.2, 0.25) is 0 Å². The Kier molecular flexibility index (Phi) is 4.62. The van der Waals surface area contributed by atoms with Crippen LogP contribution in [-0.2, 0) is 4.57 Å². The van der Waals surface area contributed by atoms with Crippen LogP contribution < -0.4 is 10.6 Å². The summed E-state index contributed by atoms with van der Waals surface area (Å²) >= 11 is 0. The molecule has 0 radical (unpaired) electrons. The van der Waals surface area contributed by atoms with Crippen LogP contribution in [0, 0.1) is 11.3 Å². The van der Waals surface area contributed by atoms with Crippen molar-refractivity contribution < 1.29 is 9.67 Å². The van der Waals surface area contributed by atoms with Crippen LogP contribution in [0.15, 0.2) is 71.7 Å². The van der Waals surface area contributed by atoms with Gasteiger partial charge in [0.05, 0.1) is 0 Å². The van der Waals surface area contributed by atoms with Gasteiger partial charge in [0.25, 0.3) is 0 Å². The maximum atomic E-state index is 13.7. The maximum absolute atomic E-state index is 13.7. The third kappa shape index (κ3) is 2.77. The number of hydrogen-bond donors (Lipinski definition) is 1. The predicted octanol–water partition coefficient (Wildman–Crippen LogP) is 3.70. The van der Waals surface area contributed by atoms with Crippen molar-refractivity contribution >= 4 is 17.8 Å². The molecule has 0 fully saturated rings. The third-order valence-electron chi connectivity index (χ3n) is 3.27. The molecular weight excluding hydrogens is 281 g/mol. The van der Waals surface area contributed by atoms with E-state index in [1.165, 1.54) is 0 Å². The molecule has 106 valence electrons. The first-order valence-corrected chi connectivity index (χ1v) is 8.39. The summed E-state index contributed by atoms with van der Waals surface area (Å²) in [4.78, 5) is 0. The fourth-order valence-corrected chi connectivity index (χ4v) is 4.83. The van der Waals surface area contributed by atoms with Gasteiger partial charge in [0, 0.05) is 17.0 Å². The monoisotopic (exact) mass is 297 g/mol. The summed E-state index contributed by atoms with van der Waals surface area (Å²) in [5, 5.41) is 20.6. The van der Waals surface area contributed by atoms with Crippen molar-refractivity contribution in [3.63, 3.8) is 0 Å². The number of nitrogens with zero attached hydrogens (tertiary/aromatic N) is 1. The molecular formula is C17H16NO2P. The summed E-state index contributed by atoms with van der Waals surface area (Å²) in [6.45, 7) is 1.73. The molecule has 0 saturated carbocycles. The average molecular weight is 297 g/mol. The summed E-state index contributed by atoms with van der Waals surface area (Å²) in [5.41, 5.74) is 0. The number of rotatable bonds is 4. The van der Waals surface area contributed by atoms with Crippen LogP contribution in [0.3, 0.4) is 0 Å². The number of nitriles is 1. The lowest BCUT2D eigenvalue weighted by Gasteiger charge is -2.19. The second-order valence-corrected chi connectivity index (χ2v) is 7.24. The molecule has 1 N–H and O–H groups in total. The maximum Gasteiger partial charge on any atom is 0.184 e. The molecule has 0 atom stereocenters. The Morgan fingerprint density at radius 2 is 1.48 bits per heavy atom. The molecule has 21 heavy (non-hydrogen) atoms. The fraction of sp³-hybridized carbons (Fsp3) is 0.118. The number of aliphatic hydroxyl groups is 1. The van der Waals surface area contributed by atoms with E-state index in [9.17, 15) is 14.9 Å². The molecule has 0 unspecified atom stereocenters. The number of aliphatic hydroxyl groups excluding tert-OH is 1. The predicted molar refractivity (Wildman–Crippen MR) is 85.3 cm³/mol. The SMILES string of the molecule is CC/C(O)=C(/C#N)P(=O)(c1ccccc1)c1ccccc1. The van der Waals surface area contributed by atoms with Crippen molar-refractivity contribution in [3.05, 3.63) is 71.7 Å². The van der Waals surface area contributed by atoms with Crippen molar-refractivity contribution in [2.24, 2.45) is 0 Å². The first-order chi connectivity index (χ1) is 10.1. The van der Waals surface area contributed by atoms with Crippen LogP contribution in [0.4, 0.5) is 0 Å². The summed E-state index contributed by atoms with van der Waals surface area (Å²) in [6.07, 6.45) is 0.270. The van der Waals surface area contributed by atoms with Gasteiger partial charge in [-0.15, -0.1) is 0 Å². The lowest BCUT2D eigenvalue weighted by molar-refractivity contribution is 0.393. The molecule has 0 amide bonds. The van der Waals surface area contributed by atoms with Gasteiger partial charge < -0.3 is 9.67 Å². The van der Waals surface area contributed by atoms with Crippen LogP contribution in [0.25, 0.3) is 0 Å². The second kappa shape index (κ2) is 6.43. The topological polar surface area (TPSA) is 61.1 Å². The molecule has 2 aromatic carbocycles. The van der Waals surface area contributed by atoms with Crippen molar-refractivity contribution in [3.8, 4) is 6.07 Å². The lowest BCUT2D eigenvalue weighted by atomic mass is 10.3. The van der Waals surface area contributed by atoms with Gasteiger partial charge in [-0.1, -0.05) is 67.6 Å². The fourth-order valence-electron chi connectivity index (χ4n) is 2.17. The Morgan fingerprint density at radius 1 is 1.05 bits per heavy atom. The standard InChI is InChI=1S/C17H16NO2P/c1-2-16(19)17(13-18)21(20,14-9-5-3-6-10-14)15-11-7-4-8-12-15/h3-12,19H,2H2,1H3/b17-16+. The van der Waals surface area contributed by atoms with Gasteiger partial charge in [-0.3, -0.25) is 0 Å². The molecule has 3 nitrogen and oxygen atoms in total. The van der Waals surface area contributed by atoms with E-state index in [1.54, 1.807) is 55.5 Å². The highest BCUT2D eigenvalue weighted by Crippen LogP contribution is 2.52. The zero-order chi connectivity index (χ0) is 15.3.